The highest BCUT2D eigenvalue weighted by Gasteiger charge is 2.36. The van der Waals surface area contributed by atoms with Crippen molar-refractivity contribution in [2.75, 3.05) is 0 Å². The Morgan fingerprint density at radius 2 is 0.855 bits per heavy atom. The number of benzene rings is 11. The van der Waals surface area contributed by atoms with E-state index in [0.717, 1.165) is 12.8 Å². The molecule has 3 aliphatic rings. The molecular formula is C69H52. The Bertz CT molecular complexity index is 4000. The molecule has 328 valence electrons. The molecule has 14 rings (SSSR count). The minimum Gasteiger partial charge on any atom is -0.0759 e. The summed E-state index contributed by atoms with van der Waals surface area (Å²) < 4.78 is 0. The molecule has 0 aromatic heterocycles. The average molecular weight is 881 g/mol. The van der Waals surface area contributed by atoms with Gasteiger partial charge in [0.2, 0.25) is 0 Å². The number of fused-ring (bicyclic) bond motifs is 3. The lowest BCUT2D eigenvalue weighted by Crippen LogP contribution is -2.15. The van der Waals surface area contributed by atoms with Crippen LogP contribution in [0.3, 0.4) is 0 Å². The number of rotatable bonds is 5. The molecule has 0 nitrogen and oxygen atoms in total. The Hall–Kier alpha value is -7.80. The first kappa shape index (κ1) is 40.3. The summed E-state index contributed by atoms with van der Waals surface area (Å²) >= 11 is 0. The second-order valence-electron chi connectivity index (χ2n) is 21.6. The molecular weight excluding hydrogens is 829 g/mol. The molecule has 11 aromatic rings. The molecule has 3 aliphatic carbocycles. The minimum absolute atomic E-state index is 0.131. The SMILES string of the molecule is CC(C)(C)C1=Cc2ccc3ccc(-c4ccc(-c5ccc(-c6ccc7c(c6)C(C)(C)c6cc(-c8ccc(-c9ccc%10ccc%11cccc%12ccc9c%10c%11%12)cc8)ccc6-7)cc5)cc4)c4c3c2C(=CC4)C1. The molecule has 0 bridgehead atoms. The van der Waals surface area contributed by atoms with E-state index in [1.54, 1.807) is 0 Å². The van der Waals surface area contributed by atoms with Crippen LogP contribution in [0.5, 0.6) is 0 Å². The molecule has 0 unspecified atom stereocenters. The summed E-state index contributed by atoms with van der Waals surface area (Å²) in [6.07, 6.45) is 7.00. The third-order valence-corrected chi connectivity index (χ3v) is 16.4. The second-order valence-corrected chi connectivity index (χ2v) is 21.6. The Morgan fingerprint density at radius 3 is 1.45 bits per heavy atom. The summed E-state index contributed by atoms with van der Waals surface area (Å²) in [5.41, 5.74) is 25.5. The van der Waals surface area contributed by atoms with E-state index in [9.17, 15) is 0 Å². The Balaban J connectivity index is 0.717. The van der Waals surface area contributed by atoms with E-state index in [4.69, 9.17) is 0 Å². The minimum atomic E-state index is -0.131. The summed E-state index contributed by atoms with van der Waals surface area (Å²) in [7, 11) is 0. The van der Waals surface area contributed by atoms with Gasteiger partial charge in [-0.15, -0.1) is 0 Å². The lowest BCUT2D eigenvalue weighted by atomic mass is 9.72. The Labute approximate surface area is 405 Å². The molecule has 69 heavy (non-hydrogen) atoms. The van der Waals surface area contributed by atoms with Gasteiger partial charge in [-0.2, -0.15) is 0 Å². The highest BCUT2D eigenvalue weighted by molar-refractivity contribution is 6.25. The van der Waals surface area contributed by atoms with Gasteiger partial charge in [-0.25, -0.2) is 0 Å². The van der Waals surface area contributed by atoms with Crippen molar-refractivity contribution in [3.05, 3.63) is 228 Å². The zero-order valence-corrected chi connectivity index (χ0v) is 40.0. The van der Waals surface area contributed by atoms with E-state index < -0.39 is 0 Å². The van der Waals surface area contributed by atoms with Gasteiger partial charge in [0.1, 0.15) is 0 Å². The van der Waals surface area contributed by atoms with Crippen LogP contribution < -0.4 is 0 Å². The molecule has 0 saturated carbocycles. The van der Waals surface area contributed by atoms with Crippen molar-refractivity contribution in [2.45, 2.75) is 52.9 Å². The fourth-order valence-electron chi connectivity index (χ4n) is 12.5. The Kier molecular flexibility index (Phi) is 8.53. The fourth-order valence-corrected chi connectivity index (χ4v) is 12.5. The molecule has 0 fully saturated rings. The maximum Gasteiger partial charge on any atom is 0.0159 e. The maximum atomic E-state index is 2.51. The van der Waals surface area contributed by atoms with Crippen LogP contribution in [0.25, 0.3) is 122 Å². The number of hydrogen-bond acceptors (Lipinski definition) is 0. The summed E-state index contributed by atoms with van der Waals surface area (Å²) in [6, 6.07) is 71.5. The van der Waals surface area contributed by atoms with Crippen molar-refractivity contribution in [2.24, 2.45) is 5.41 Å². The van der Waals surface area contributed by atoms with Gasteiger partial charge in [0, 0.05) is 5.41 Å². The van der Waals surface area contributed by atoms with Crippen molar-refractivity contribution in [1.29, 1.82) is 0 Å². The molecule has 11 aromatic carbocycles. The quantitative estimate of drug-likeness (QED) is 0.151. The molecule has 0 spiro atoms. The lowest BCUT2D eigenvalue weighted by molar-refractivity contribution is 0.498. The predicted octanol–water partition coefficient (Wildman–Crippen LogP) is 19.2. The average Bonchev–Trinajstić information content (AvgIpc) is 3.61. The van der Waals surface area contributed by atoms with Crippen molar-refractivity contribution >= 4 is 54.7 Å². The first-order chi connectivity index (χ1) is 33.5. The molecule has 0 N–H and O–H groups in total. The number of allylic oxidation sites excluding steroid dienone is 3. The zero-order valence-electron chi connectivity index (χ0n) is 40.0. The summed E-state index contributed by atoms with van der Waals surface area (Å²) in [5, 5.41) is 10.7. The third-order valence-electron chi connectivity index (χ3n) is 16.4. The third kappa shape index (κ3) is 6.14. The molecule has 0 amide bonds. The van der Waals surface area contributed by atoms with Gasteiger partial charge >= 0.3 is 0 Å². The molecule has 0 atom stereocenters. The predicted molar refractivity (Wildman–Crippen MR) is 296 cm³/mol. The summed E-state index contributed by atoms with van der Waals surface area (Å²) in [4.78, 5) is 0. The van der Waals surface area contributed by atoms with Crippen LogP contribution in [-0.4, -0.2) is 0 Å². The van der Waals surface area contributed by atoms with E-state index >= 15 is 0 Å². The second kappa shape index (κ2) is 14.6. The van der Waals surface area contributed by atoms with Gasteiger partial charge in [0.15, 0.2) is 0 Å². The zero-order chi connectivity index (χ0) is 46.3. The largest absolute Gasteiger partial charge is 0.0759 e. The van der Waals surface area contributed by atoms with Crippen LogP contribution in [0.1, 0.15) is 68.9 Å². The van der Waals surface area contributed by atoms with Crippen LogP contribution in [-0.2, 0) is 11.8 Å². The summed E-state index contributed by atoms with van der Waals surface area (Å²) in [5.74, 6) is 0. The van der Waals surface area contributed by atoms with Gasteiger partial charge in [-0.05, 0) is 174 Å². The Morgan fingerprint density at radius 1 is 0.406 bits per heavy atom. The molecule has 0 radical (unpaired) electrons. The van der Waals surface area contributed by atoms with E-state index in [0.29, 0.717) is 0 Å². The normalized spacial score (nSPS) is 14.6. The highest BCUT2D eigenvalue weighted by atomic mass is 14.4. The van der Waals surface area contributed by atoms with Gasteiger partial charge < -0.3 is 0 Å². The van der Waals surface area contributed by atoms with E-state index in [1.165, 1.54) is 149 Å². The fraction of sp³-hybridized carbons (Fsp3) is 0.130. The van der Waals surface area contributed by atoms with E-state index in [2.05, 4.69) is 235 Å². The van der Waals surface area contributed by atoms with Crippen molar-refractivity contribution in [3.63, 3.8) is 0 Å². The van der Waals surface area contributed by atoms with E-state index in [-0.39, 0.29) is 10.8 Å². The molecule has 0 heteroatoms. The van der Waals surface area contributed by atoms with Crippen molar-refractivity contribution in [3.8, 4) is 66.8 Å². The molecule has 0 saturated heterocycles. The smallest absolute Gasteiger partial charge is 0.0159 e. The lowest BCUT2D eigenvalue weighted by Gasteiger charge is -2.32. The molecule has 0 heterocycles. The van der Waals surface area contributed by atoms with Crippen LogP contribution >= 0.6 is 0 Å². The van der Waals surface area contributed by atoms with Crippen LogP contribution in [0.4, 0.5) is 0 Å². The van der Waals surface area contributed by atoms with Crippen molar-refractivity contribution < 1.29 is 0 Å². The standard InChI is InChI=1S/C69H52/c1-68(2,3)55-37-53-24-23-50-26-32-57(61-36-30-54(38-55)65(53)67(50)61)45-17-13-42(14-18-45)41-9-11-43(12-10-41)51-28-33-58-59-34-29-52(40-63(59)69(4,5)62(58)39-51)44-15-19-46(20-16-44)56-31-25-49-22-21-47-7-6-8-48-27-35-60(56)66(49)64(47)48/h6-35,37,39-40H,36,38H2,1-5H3. The molecule has 0 aliphatic heterocycles. The van der Waals surface area contributed by atoms with Crippen LogP contribution in [0.2, 0.25) is 0 Å². The van der Waals surface area contributed by atoms with Crippen LogP contribution in [0, 0.1) is 5.41 Å². The van der Waals surface area contributed by atoms with Gasteiger partial charge in [-0.3, -0.25) is 0 Å². The van der Waals surface area contributed by atoms with Crippen LogP contribution in [0.15, 0.2) is 200 Å². The highest BCUT2D eigenvalue weighted by Crippen LogP contribution is 2.52. The topological polar surface area (TPSA) is 0 Å². The summed E-state index contributed by atoms with van der Waals surface area (Å²) in [6.45, 7) is 11.8. The van der Waals surface area contributed by atoms with Gasteiger partial charge in [-0.1, -0.05) is 228 Å². The van der Waals surface area contributed by atoms with Crippen molar-refractivity contribution in [1.82, 2.24) is 0 Å². The monoisotopic (exact) mass is 880 g/mol. The van der Waals surface area contributed by atoms with Gasteiger partial charge in [0.25, 0.3) is 0 Å². The van der Waals surface area contributed by atoms with Gasteiger partial charge in [0.05, 0.1) is 0 Å². The first-order valence-electron chi connectivity index (χ1n) is 24.8. The van der Waals surface area contributed by atoms with E-state index in [1.807, 2.05) is 0 Å². The number of hydrogen-bond donors (Lipinski definition) is 0. The first-order valence-corrected chi connectivity index (χ1v) is 24.8. The maximum absolute atomic E-state index is 2.51.